The first kappa shape index (κ1) is 11.3. The van der Waals surface area contributed by atoms with Crippen LogP contribution in [-0.2, 0) is 6.54 Å². The summed E-state index contributed by atoms with van der Waals surface area (Å²) < 4.78 is 6.44. The Bertz CT molecular complexity index is 546. The number of hydrogen-bond donors (Lipinski definition) is 0. The van der Waals surface area contributed by atoms with Crippen LogP contribution >= 0.6 is 15.9 Å². The quantitative estimate of drug-likeness (QED) is 0.636. The molecular formula is C10H12BrN3O2. The third-order valence-corrected chi connectivity index (χ3v) is 2.97. The lowest BCUT2D eigenvalue weighted by Gasteiger charge is -2.02. The van der Waals surface area contributed by atoms with Crippen molar-refractivity contribution in [2.45, 2.75) is 26.3 Å². The second-order valence-electron chi connectivity index (χ2n) is 3.58. The van der Waals surface area contributed by atoms with Gasteiger partial charge in [-0.05, 0) is 19.8 Å². The molecule has 6 heteroatoms. The number of rotatable bonds is 4. The van der Waals surface area contributed by atoms with Gasteiger partial charge in [0, 0.05) is 11.9 Å². The Labute approximate surface area is 101 Å². The third kappa shape index (κ3) is 2.02. The molecule has 0 amide bonds. The van der Waals surface area contributed by atoms with Gasteiger partial charge in [-0.15, -0.1) is 0 Å². The molecule has 0 aliphatic heterocycles. The van der Waals surface area contributed by atoms with E-state index in [-0.39, 0.29) is 5.56 Å². The molecule has 16 heavy (non-hydrogen) atoms. The number of alkyl halides is 1. The van der Waals surface area contributed by atoms with Crippen LogP contribution in [0.15, 0.2) is 15.5 Å². The van der Waals surface area contributed by atoms with Gasteiger partial charge < -0.3 is 4.52 Å². The number of nitrogens with zero attached hydrogens (tertiary/aromatic N) is 3. The number of fused-ring (bicyclic) bond motifs is 1. The van der Waals surface area contributed by atoms with Crippen molar-refractivity contribution in [3.8, 4) is 0 Å². The Morgan fingerprint density at radius 2 is 2.31 bits per heavy atom. The minimum atomic E-state index is -0.120. The van der Waals surface area contributed by atoms with Crippen LogP contribution in [0.25, 0.3) is 11.0 Å². The highest BCUT2D eigenvalue weighted by atomic mass is 79.9. The van der Waals surface area contributed by atoms with Gasteiger partial charge >= 0.3 is 0 Å². The van der Waals surface area contributed by atoms with Crippen molar-refractivity contribution < 1.29 is 4.52 Å². The van der Waals surface area contributed by atoms with E-state index in [9.17, 15) is 4.79 Å². The standard InChI is InChI=1S/C10H12BrN3O2/c1-7-9-8(16-13-7)6-12-14(10(9)15)5-3-2-4-11/h6H,2-5H2,1H3. The van der Waals surface area contributed by atoms with Crippen molar-refractivity contribution in [1.29, 1.82) is 0 Å². The zero-order chi connectivity index (χ0) is 11.5. The first-order valence-electron chi connectivity index (χ1n) is 5.12. The predicted molar refractivity (Wildman–Crippen MR) is 63.8 cm³/mol. The zero-order valence-electron chi connectivity index (χ0n) is 8.94. The number of unbranched alkanes of at least 4 members (excludes halogenated alkanes) is 1. The SMILES string of the molecule is Cc1noc2cnn(CCCCBr)c(=O)c12. The Morgan fingerprint density at radius 1 is 1.50 bits per heavy atom. The molecule has 0 spiro atoms. The monoisotopic (exact) mass is 285 g/mol. The van der Waals surface area contributed by atoms with Crippen LogP contribution in [0.5, 0.6) is 0 Å². The zero-order valence-corrected chi connectivity index (χ0v) is 10.5. The number of hydrogen-bond acceptors (Lipinski definition) is 4. The van der Waals surface area contributed by atoms with Gasteiger partial charge in [0.25, 0.3) is 5.56 Å². The molecule has 2 aromatic heterocycles. The maximum Gasteiger partial charge on any atom is 0.279 e. The summed E-state index contributed by atoms with van der Waals surface area (Å²) in [5.41, 5.74) is 0.960. The second-order valence-corrected chi connectivity index (χ2v) is 4.37. The molecule has 0 unspecified atom stereocenters. The van der Waals surface area contributed by atoms with Crippen LogP contribution in [0.2, 0.25) is 0 Å². The van der Waals surface area contributed by atoms with Crippen LogP contribution in [0.1, 0.15) is 18.5 Å². The predicted octanol–water partition coefficient (Wildman–Crippen LogP) is 1.87. The number of aryl methyl sites for hydroxylation is 2. The molecule has 0 fully saturated rings. The van der Waals surface area contributed by atoms with E-state index in [4.69, 9.17) is 4.52 Å². The molecule has 0 aliphatic carbocycles. The summed E-state index contributed by atoms with van der Waals surface area (Å²) in [5, 5.41) is 9.28. The fourth-order valence-electron chi connectivity index (χ4n) is 1.55. The first-order chi connectivity index (χ1) is 7.74. The van der Waals surface area contributed by atoms with Gasteiger partial charge in [-0.25, -0.2) is 4.68 Å². The maximum absolute atomic E-state index is 12.0. The highest BCUT2D eigenvalue weighted by Crippen LogP contribution is 2.11. The fraction of sp³-hybridized carbons (Fsp3) is 0.500. The molecule has 0 saturated carbocycles. The van der Waals surface area contributed by atoms with E-state index in [2.05, 4.69) is 26.2 Å². The Hall–Kier alpha value is -1.17. The molecule has 0 N–H and O–H groups in total. The molecule has 0 saturated heterocycles. The fourth-order valence-corrected chi connectivity index (χ4v) is 1.95. The van der Waals surface area contributed by atoms with E-state index in [1.165, 1.54) is 4.68 Å². The topological polar surface area (TPSA) is 60.9 Å². The Balaban J connectivity index is 2.36. The third-order valence-electron chi connectivity index (χ3n) is 2.41. The lowest BCUT2D eigenvalue weighted by molar-refractivity contribution is 0.447. The first-order valence-corrected chi connectivity index (χ1v) is 6.24. The molecular weight excluding hydrogens is 274 g/mol. The van der Waals surface area contributed by atoms with Crippen LogP contribution in [0.4, 0.5) is 0 Å². The maximum atomic E-state index is 12.0. The minimum Gasteiger partial charge on any atom is -0.354 e. The van der Waals surface area contributed by atoms with Gasteiger partial charge in [-0.2, -0.15) is 5.10 Å². The van der Waals surface area contributed by atoms with Gasteiger partial charge in [0.05, 0.1) is 11.9 Å². The molecule has 0 aromatic carbocycles. The van der Waals surface area contributed by atoms with Gasteiger partial charge in [0.2, 0.25) is 0 Å². The van der Waals surface area contributed by atoms with Crippen LogP contribution in [0.3, 0.4) is 0 Å². The van der Waals surface area contributed by atoms with Gasteiger partial charge in [-0.3, -0.25) is 4.79 Å². The average Bonchev–Trinajstić information content (AvgIpc) is 2.65. The normalized spacial score (nSPS) is 11.1. The molecule has 0 bridgehead atoms. The van der Waals surface area contributed by atoms with E-state index in [1.807, 2.05) is 0 Å². The Kier molecular flexibility index (Phi) is 3.38. The van der Waals surface area contributed by atoms with Crippen molar-refractivity contribution in [2.24, 2.45) is 0 Å². The van der Waals surface area contributed by atoms with Crippen LogP contribution < -0.4 is 5.56 Å². The average molecular weight is 286 g/mol. The van der Waals surface area contributed by atoms with E-state index >= 15 is 0 Å². The largest absolute Gasteiger partial charge is 0.354 e. The lowest BCUT2D eigenvalue weighted by Crippen LogP contribution is -2.22. The van der Waals surface area contributed by atoms with E-state index in [0.717, 1.165) is 18.2 Å². The molecule has 0 aliphatic rings. The molecule has 2 rings (SSSR count). The van der Waals surface area contributed by atoms with Crippen molar-refractivity contribution in [3.05, 3.63) is 22.2 Å². The summed E-state index contributed by atoms with van der Waals surface area (Å²) in [5.74, 6) is 0. The van der Waals surface area contributed by atoms with E-state index in [0.29, 0.717) is 23.2 Å². The summed E-state index contributed by atoms with van der Waals surface area (Å²) in [6, 6.07) is 0. The summed E-state index contributed by atoms with van der Waals surface area (Å²) in [4.78, 5) is 12.0. The molecule has 86 valence electrons. The summed E-state index contributed by atoms with van der Waals surface area (Å²) in [6.45, 7) is 2.39. The molecule has 2 heterocycles. The van der Waals surface area contributed by atoms with Crippen LogP contribution in [0, 0.1) is 6.92 Å². The van der Waals surface area contributed by atoms with Gasteiger partial charge in [-0.1, -0.05) is 21.1 Å². The Morgan fingerprint density at radius 3 is 3.06 bits per heavy atom. The summed E-state index contributed by atoms with van der Waals surface area (Å²) >= 11 is 3.35. The summed E-state index contributed by atoms with van der Waals surface area (Å²) in [7, 11) is 0. The van der Waals surface area contributed by atoms with Crippen molar-refractivity contribution >= 4 is 26.9 Å². The van der Waals surface area contributed by atoms with E-state index in [1.54, 1.807) is 13.1 Å². The summed E-state index contributed by atoms with van der Waals surface area (Å²) in [6.07, 6.45) is 3.49. The highest BCUT2D eigenvalue weighted by Gasteiger charge is 2.11. The number of halogens is 1. The smallest absolute Gasteiger partial charge is 0.279 e. The highest BCUT2D eigenvalue weighted by molar-refractivity contribution is 9.09. The second kappa shape index (κ2) is 4.78. The number of aromatic nitrogens is 3. The molecule has 0 atom stereocenters. The van der Waals surface area contributed by atoms with Crippen molar-refractivity contribution in [3.63, 3.8) is 0 Å². The van der Waals surface area contributed by atoms with Crippen molar-refractivity contribution in [1.82, 2.24) is 14.9 Å². The van der Waals surface area contributed by atoms with Gasteiger partial charge in [0.1, 0.15) is 5.39 Å². The lowest BCUT2D eigenvalue weighted by atomic mass is 10.3. The minimum absolute atomic E-state index is 0.120. The molecule has 0 radical (unpaired) electrons. The van der Waals surface area contributed by atoms with Crippen molar-refractivity contribution in [2.75, 3.05) is 5.33 Å². The molecule has 2 aromatic rings. The van der Waals surface area contributed by atoms with Gasteiger partial charge in [0.15, 0.2) is 5.58 Å². The molecule has 5 nitrogen and oxygen atoms in total. The van der Waals surface area contributed by atoms with E-state index < -0.39 is 0 Å². The van der Waals surface area contributed by atoms with Crippen LogP contribution in [-0.4, -0.2) is 20.3 Å².